The van der Waals surface area contributed by atoms with Crippen LogP contribution in [0.25, 0.3) is 0 Å². The summed E-state index contributed by atoms with van der Waals surface area (Å²) in [5, 5.41) is 9.43. The molecule has 0 aromatic carbocycles. The second kappa shape index (κ2) is 5.68. The lowest BCUT2D eigenvalue weighted by molar-refractivity contribution is 0.115. The van der Waals surface area contributed by atoms with Crippen LogP contribution in [-0.4, -0.2) is 41.3 Å². The Kier molecular flexibility index (Phi) is 4.99. The highest BCUT2D eigenvalue weighted by atomic mass is 16.3. The van der Waals surface area contributed by atoms with E-state index < -0.39 is 0 Å². The topological polar surface area (TPSA) is 49.5 Å². The number of aliphatic hydroxyl groups is 1. The van der Waals surface area contributed by atoms with Gasteiger partial charge in [-0.15, -0.1) is 0 Å². The van der Waals surface area contributed by atoms with Crippen LogP contribution in [0.4, 0.5) is 0 Å². The zero-order chi connectivity index (χ0) is 13.1. The summed E-state index contributed by atoms with van der Waals surface area (Å²) in [7, 11) is 2.19. The third-order valence-corrected chi connectivity index (χ3v) is 5.01. The highest BCUT2D eigenvalue weighted by Crippen LogP contribution is 2.36. The summed E-state index contributed by atoms with van der Waals surface area (Å²) in [6.45, 7) is 8.00. The third kappa shape index (κ3) is 3.43. The van der Waals surface area contributed by atoms with Gasteiger partial charge in [-0.25, -0.2) is 0 Å². The van der Waals surface area contributed by atoms with E-state index in [1.54, 1.807) is 0 Å². The largest absolute Gasteiger partial charge is 0.394 e. The lowest BCUT2D eigenvalue weighted by Crippen LogP contribution is -2.49. The first-order valence-corrected chi connectivity index (χ1v) is 6.96. The van der Waals surface area contributed by atoms with E-state index in [0.29, 0.717) is 5.92 Å². The van der Waals surface area contributed by atoms with Gasteiger partial charge in [0, 0.05) is 11.1 Å². The van der Waals surface area contributed by atoms with Crippen LogP contribution < -0.4 is 5.73 Å². The monoisotopic (exact) mass is 242 g/mol. The highest BCUT2D eigenvalue weighted by molar-refractivity contribution is 4.96. The smallest absolute Gasteiger partial charge is 0.0613 e. The van der Waals surface area contributed by atoms with Gasteiger partial charge in [-0.2, -0.15) is 0 Å². The molecule has 102 valence electrons. The molecule has 2 atom stereocenters. The lowest BCUT2D eigenvalue weighted by atomic mass is 9.86. The molecule has 0 amide bonds. The van der Waals surface area contributed by atoms with Crippen molar-refractivity contribution in [3.05, 3.63) is 0 Å². The number of hydrogen-bond acceptors (Lipinski definition) is 3. The molecule has 0 aromatic heterocycles. The molecule has 0 bridgehead atoms. The van der Waals surface area contributed by atoms with E-state index in [1.165, 1.54) is 12.8 Å². The molecule has 0 heterocycles. The summed E-state index contributed by atoms with van der Waals surface area (Å²) in [4.78, 5) is 2.42. The molecular weight excluding hydrogens is 212 g/mol. The number of hydrogen-bond donors (Lipinski definition) is 2. The average molecular weight is 242 g/mol. The Bertz CT molecular complexity index is 242. The van der Waals surface area contributed by atoms with Crippen molar-refractivity contribution in [3.63, 3.8) is 0 Å². The van der Waals surface area contributed by atoms with Crippen molar-refractivity contribution in [2.45, 2.75) is 64.0 Å². The first-order valence-electron chi connectivity index (χ1n) is 6.96. The van der Waals surface area contributed by atoms with Crippen LogP contribution in [0.3, 0.4) is 0 Å². The van der Waals surface area contributed by atoms with Crippen LogP contribution in [0.2, 0.25) is 0 Å². The van der Waals surface area contributed by atoms with Gasteiger partial charge in [0.2, 0.25) is 0 Å². The van der Waals surface area contributed by atoms with Gasteiger partial charge in [-0.1, -0.05) is 13.3 Å². The fourth-order valence-corrected chi connectivity index (χ4v) is 2.73. The van der Waals surface area contributed by atoms with Crippen molar-refractivity contribution in [2.75, 3.05) is 20.2 Å². The normalized spacial score (nSPS) is 30.2. The summed E-state index contributed by atoms with van der Waals surface area (Å²) < 4.78 is 0. The maximum atomic E-state index is 9.43. The van der Waals surface area contributed by atoms with Gasteiger partial charge < -0.3 is 15.7 Å². The molecule has 0 aliphatic heterocycles. The van der Waals surface area contributed by atoms with Gasteiger partial charge in [0.15, 0.2) is 0 Å². The zero-order valence-corrected chi connectivity index (χ0v) is 12.0. The number of nitrogens with two attached hydrogens (primary N) is 1. The third-order valence-electron chi connectivity index (χ3n) is 5.01. The second-order valence-electron chi connectivity index (χ2n) is 6.36. The molecule has 3 N–H and O–H groups in total. The molecule has 2 unspecified atom stereocenters. The van der Waals surface area contributed by atoms with Gasteiger partial charge in [0.1, 0.15) is 0 Å². The lowest BCUT2D eigenvalue weighted by Gasteiger charge is -2.37. The molecule has 0 spiro atoms. The standard InChI is InChI=1S/C14H30N2O/c1-5-13(2,3)16(4)10-8-12-7-6-9-14(12,15)11-17/h12,17H,5-11,15H2,1-4H3. The molecular formula is C14H30N2O. The predicted molar refractivity (Wildman–Crippen MR) is 73.0 cm³/mol. The van der Waals surface area contributed by atoms with Crippen molar-refractivity contribution < 1.29 is 5.11 Å². The zero-order valence-electron chi connectivity index (χ0n) is 12.0. The van der Waals surface area contributed by atoms with Crippen LogP contribution in [-0.2, 0) is 0 Å². The van der Waals surface area contributed by atoms with E-state index in [1.807, 2.05) is 0 Å². The summed E-state index contributed by atoms with van der Waals surface area (Å²) in [5.74, 6) is 0.489. The van der Waals surface area contributed by atoms with Gasteiger partial charge in [-0.3, -0.25) is 0 Å². The van der Waals surface area contributed by atoms with Crippen LogP contribution in [0, 0.1) is 5.92 Å². The Hall–Kier alpha value is -0.120. The maximum Gasteiger partial charge on any atom is 0.0613 e. The minimum atomic E-state index is -0.308. The minimum Gasteiger partial charge on any atom is -0.394 e. The molecule has 3 heteroatoms. The van der Waals surface area contributed by atoms with E-state index in [2.05, 4.69) is 32.7 Å². The maximum absolute atomic E-state index is 9.43. The Morgan fingerprint density at radius 2 is 2.12 bits per heavy atom. The molecule has 1 aliphatic rings. The Morgan fingerprint density at radius 3 is 2.65 bits per heavy atom. The summed E-state index contributed by atoms with van der Waals surface area (Å²) >= 11 is 0. The van der Waals surface area contributed by atoms with Crippen molar-refractivity contribution in [1.29, 1.82) is 0 Å². The Balaban J connectivity index is 2.46. The SMILES string of the molecule is CCC(C)(C)N(C)CCC1CCCC1(N)CO. The van der Waals surface area contributed by atoms with Gasteiger partial charge >= 0.3 is 0 Å². The quantitative estimate of drug-likeness (QED) is 0.749. The fraction of sp³-hybridized carbons (Fsp3) is 1.00. The van der Waals surface area contributed by atoms with Crippen LogP contribution in [0.1, 0.15) is 52.9 Å². The van der Waals surface area contributed by atoms with E-state index in [-0.39, 0.29) is 17.7 Å². The Labute approximate surface area is 106 Å². The van der Waals surface area contributed by atoms with E-state index >= 15 is 0 Å². The van der Waals surface area contributed by atoms with Crippen LogP contribution in [0.5, 0.6) is 0 Å². The first-order chi connectivity index (χ1) is 7.85. The summed E-state index contributed by atoms with van der Waals surface area (Å²) in [5.41, 5.74) is 6.21. The predicted octanol–water partition coefficient (Wildman–Crippen LogP) is 1.99. The summed E-state index contributed by atoms with van der Waals surface area (Å²) in [6, 6.07) is 0. The van der Waals surface area contributed by atoms with Crippen LogP contribution in [0.15, 0.2) is 0 Å². The number of aliphatic hydroxyl groups excluding tert-OH is 1. The molecule has 1 rings (SSSR count). The highest BCUT2D eigenvalue weighted by Gasteiger charge is 2.38. The molecule has 0 saturated heterocycles. The first kappa shape index (κ1) is 14.9. The summed E-state index contributed by atoms with van der Waals surface area (Å²) in [6.07, 6.45) is 5.59. The van der Waals surface area contributed by atoms with Gasteiger partial charge in [0.05, 0.1) is 6.61 Å². The minimum absolute atomic E-state index is 0.137. The molecule has 1 saturated carbocycles. The molecule has 3 nitrogen and oxygen atoms in total. The number of rotatable bonds is 6. The van der Waals surface area contributed by atoms with E-state index in [4.69, 9.17) is 5.73 Å². The van der Waals surface area contributed by atoms with E-state index in [9.17, 15) is 5.11 Å². The molecule has 0 radical (unpaired) electrons. The van der Waals surface area contributed by atoms with Crippen molar-refractivity contribution >= 4 is 0 Å². The molecule has 1 fully saturated rings. The molecule has 1 aliphatic carbocycles. The molecule has 17 heavy (non-hydrogen) atoms. The van der Waals surface area contributed by atoms with Gasteiger partial charge in [-0.05, 0) is 59.0 Å². The Morgan fingerprint density at radius 1 is 1.47 bits per heavy atom. The van der Waals surface area contributed by atoms with Crippen molar-refractivity contribution in [1.82, 2.24) is 4.90 Å². The van der Waals surface area contributed by atoms with Crippen molar-refractivity contribution in [2.24, 2.45) is 11.7 Å². The number of nitrogens with zero attached hydrogens (tertiary/aromatic N) is 1. The average Bonchev–Trinajstić information content (AvgIpc) is 2.68. The van der Waals surface area contributed by atoms with E-state index in [0.717, 1.165) is 25.8 Å². The van der Waals surface area contributed by atoms with Gasteiger partial charge in [0.25, 0.3) is 0 Å². The molecule has 0 aromatic rings. The van der Waals surface area contributed by atoms with Crippen LogP contribution >= 0.6 is 0 Å². The van der Waals surface area contributed by atoms with Crippen molar-refractivity contribution in [3.8, 4) is 0 Å². The fourth-order valence-electron chi connectivity index (χ4n) is 2.73. The second-order valence-corrected chi connectivity index (χ2v) is 6.36.